The van der Waals surface area contributed by atoms with Crippen LogP contribution >= 0.6 is 0 Å². The smallest absolute Gasteiger partial charge is 0.147 e. The fourth-order valence-corrected chi connectivity index (χ4v) is 1.70. The lowest BCUT2D eigenvalue weighted by molar-refractivity contribution is -0.137. The van der Waals surface area contributed by atoms with Gasteiger partial charge in [0.15, 0.2) is 0 Å². The van der Waals surface area contributed by atoms with E-state index in [1.807, 2.05) is 0 Å². The number of aliphatic hydroxyl groups excluding tert-OH is 1. The SMILES string of the molecule is CC(C)CC(O)CNCC1CCOCO1. The Hall–Kier alpha value is -0.160. The van der Waals surface area contributed by atoms with Gasteiger partial charge in [0, 0.05) is 13.1 Å². The zero-order valence-electron chi connectivity index (χ0n) is 9.74. The molecular formula is C11H23NO3. The van der Waals surface area contributed by atoms with Crippen molar-refractivity contribution in [2.24, 2.45) is 5.92 Å². The summed E-state index contributed by atoms with van der Waals surface area (Å²) in [6, 6.07) is 0. The lowest BCUT2D eigenvalue weighted by atomic mass is 10.1. The molecule has 1 aliphatic heterocycles. The van der Waals surface area contributed by atoms with Gasteiger partial charge in [-0.05, 0) is 18.8 Å². The number of aliphatic hydroxyl groups is 1. The highest BCUT2D eigenvalue weighted by atomic mass is 16.7. The van der Waals surface area contributed by atoms with Crippen LogP contribution in [0.2, 0.25) is 0 Å². The number of ether oxygens (including phenoxy) is 2. The normalized spacial score (nSPS) is 24.4. The molecule has 0 saturated carbocycles. The van der Waals surface area contributed by atoms with Crippen LogP contribution in [0.15, 0.2) is 0 Å². The molecule has 1 rings (SSSR count). The van der Waals surface area contributed by atoms with Crippen LogP contribution in [0.1, 0.15) is 26.7 Å². The van der Waals surface area contributed by atoms with Crippen molar-refractivity contribution in [3.8, 4) is 0 Å². The summed E-state index contributed by atoms with van der Waals surface area (Å²) in [7, 11) is 0. The highest BCUT2D eigenvalue weighted by Crippen LogP contribution is 2.06. The zero-order valence-corrected chi connectivity index (χ0v) is 9.74. The Morgan fingerprint density at radius 3 is 2.87 bits per heavy atom. The summed E-state index contributed by atoms with van der Waals surface area (Å²) in [6.45, 7) is 6.87. The molecular weight excluding hydrogens is 194 g/mol. The second kappa shape index (κ2) is 7.17. The second-order valence-corrected chi connectivity index (χ2v) is 4.55. The Balaban J connectivity index is 1.99. The van der Waals surface area contributed by atoms with Gasteiger partial charge < -0.3 is 19.9 Å². The van der Waals surface area contributed by atoms with Gasteiger partial charge in [-0.3, -0.25) is 0 Å². The molecule has 2 N–H and O–H groups in total. The molecule has 4 nitrogen and oxygen atoms in total. The molecule has 2 atom stereocenters. The van der Waals surface area contributed by atoms with Gasteiger partial charge in [0.1, 0.15) is 6.79 Å². The van der Waals surface area contributed by atoms with E-state index in [1.54, 1.807) is 0 Å². The highest BCUT2D eigenvalue weighted by Gasteiger charge is 2.14. The van der Waals surface area contributed by atoms with Crippen molar-refractivity contribution in [2.45, 2.75) is 38.9 Å². The Morgan fingerprint density at radius 2 is 2.27 bits per heavy atom. The van der Waals surface area contributed by atoms with Crippen LogP contribution < -0.4 is 5.32 Å². The molecule has 90 valence electrons. The van der Waals surface area contributed by atoms with Crippen molar-refractivity contribution in [3.63, 3.8) is 0 Å². The molecule has 0 aromatic carbocycles. The first-order valence-electron chi connectivity index (χ1n) is 5.76. The largest absolute Gasteiger partial charge is 0.392 e. The fraction of sp³-hybridized carbons (Fsp3) is 1.00. The van der Waals surface area contributed by atoms with Crippen LogP contribution in [0.3, 0.4) is 0 Å². The first-order chi connectivity index (χ1) is 7.18. The van der Waals surface area contributed by atoms with Gasteiger partial charge in [-0.25, -0.2) is 0 Å². The predicted molar refractivity (Wildman–Crippen MR) is 58.6 cm³/mol. The third-order valence-electron chi connectivity index (χ3n) is 2.47. The summed E-state index contributed by atoms with van der Waals surface area (Å²) >= 11 is 0. The molecule has 0 bridgehead atoms. The molecule has 15 heavy (non-hydrogen) atoms. The van der Waals surface area contributed by atoms with Crippen molar-refractivity contribution in [1.29, 1.82) is 0 Å². The minimum Gasteiger partial charge on any atom is -0.392 e. The number of hydrogen-bond donors (Lipinski definition) is 2. The maximum atomic E-state index is 9.62. The Bertz CT molecular complexity index is 158. The van der Waals surface area contributed by atoms with Crippen LogP contribution in [0.25, 0.3) is 0 Å². The van der Waals surface area contributed by atoms with E-state index in [-0.39, 0.29) is 12.2 Å². The van der Waals surface area contributed by atoms with E-state index >= 15 is 0 Å². The molecule has 1 saturated heterocycles. The van der Waals surface area contributed by atoms with Gasteiger partial charge in [0.2, 0.25) is 0 Å². The van der Waals surface area contributed by atoms with Crippen LogP contribution in [-0.2, 0) is 9.47 Å². The summed E-state index contributed by atoms with van der Waals surface area (Å²) in [5.41, 5.74) is 0. The first kappa shape index (κ1) is 12.9. The third-order valence-corrected chi connectivity index (χ3v) is 2.47. The van der Waals surface area contributed by atoms with Crippen molar-refractivity contribution < 1.29 is 14.6 Å². The summed E-state index contributed by atoms with van der Waals surface area (Å²) in [5.74, 6) is 0.543. The van der Waals surface area contributed by atoms with Crippen LogP contribution in [-0.4, -0.2) is 43.8 Å². The molecule has 0 aromatic rings. The van der Waals surface area contributed by atoms with Crippen molar-refractivity contribution in [2.75, 3.05) is 26.5 Å². The maximum Gasteiger partial charge on any atom is 0.147 e. The van der Waals surface area contributed by atoms with Gasteiger partial charge in [-0.15, -0.1) is 0 Å². The molecule has 1 fully saturated rings. The van der Waals surface area contributed by atoms with E-state index in [4.69, 9.17) is 9.47 Å². The first-order valence-corrected chi connectivity index (χ1v) is 5.76. The molecule has 0 aromatic heterocycles. The standard InChI is InChI=1S/C11H23NO3/c1-9(2)5-10(13)6-12-7-11-3-4-14-8-15-11/h9-13H,3-8H2,1-2H3. The average Bonchev–Trinajstić information content (AvgIpc) is 2.18. The van der Waals surface area contributed by atoms with Crippen LogP contribution in [0, 0.1) is 5.92 Å². The average molecular weight is 217 g/mol. The van der Waals surface area contributed by atoms with E-state index in [0.29, 0.717) is 19.3 Å². The van der Waals surface area contributed by atoms with Gasteiger partial charge in [-0.1, -0.05) is 13.8 Å². The summed E-state index contributed by atoms with van der Waals surface area (Å²) in [5, 5.41) is 12.9. The van der Waals surface area contributed by atoms with Crippen LogP contribution in [0.5, 0.6) is 0 Å². The Kier molecular flexibility index (Phi) is 6.17. The van der Waals surface area contributed by atoms with E-state index in [2.05, 4.69) is 19.2 Å². The van der Waals surface area contributed by atoms with Gasteiger partial charge in [0.25, 0.3) is 0 Å². The minimum atomic E-state index is -0.246. The number of rotatable bonds is 6. The summed E-state index contributed by atoms with van der Waals surface area (Å²) in [4.78, 5) is 0. The summed E-state index contributed by atoms with van der Waals surface area (Å²) in [6.07, 6.45) is 1.78. The van der Waals surface area contributed by atoms with Crippen molar-refractivity contribution in [1.82, 2.24) is 5.32 Å². The van der Waals surface area contributed by atoms with Crippen molar-refractivity contribution >= 4 is 0 Å². The zero-order chi connectivity index (χ0) is 11.1. The quantitative estimate of drug-likeness (QED) is 0.689. The predicted octanol–water partition coefficient (Wildman–Crippen LogP) is 0.746. The van der Waals surface area contributed by atoms with Crippen molar-refractivity contribution in [3.05, 3.63) is 0 Å². The molecule has 1 heterocycles. The maximum absolute atomic E-state index is 9.62. The molecule has 0 radical (unpaired) electrons. The van der Waals surface area contributed by atoms with Gasteiger partial charge in [-0.2, -0.15) is 0 Å². The monoisotopic (exact) mass is 217 g/mol. The second-order valence-electron chi connectivity index (χ2n) is 4.55. The number of hydrogen-bond acceptors (Lipinski definition) is 4. The van der Waals surface area contributed by atoms with Crippen LogP contribution in [0.4, 0.5) is 0 Å². The molecule has 0 aliphatic carbocycles. The Morgan fingerprint density at radius 1 is 1.47 bits per heavy atom. The summed E-state index contributed by atoms with van der Waals surface area (Å²) < 4.78 is 10.5. The third kappa shape index (κ3) is 6.10. The minimum absolute atomic E-state index is 0.241. The molecule has 0 spiro atoms. The van der Waals surface area contributed by atoms with Gasteiger partial charge >= 0.3 is 0 Å². The lowest BCUT2D eigenvalue weighted by Crippen LogP contribution is -2.37. The lowest BCUT2D eigenvalue weighted by Gasteiger charge is -2.23. The number of nitrogens with one attached hydrogen (secondary N) is 1. The van der Waals surface area contributed by atoms with E-state index in [9.17, 15) is 5.11 Å². The van der Waals surface area contributed by atoms with E-state index < -0.39 is 0 Å². The molecule has 4 heteroatoms. The van der Waals surface area contributed by atoms with Gasteiger partial charge in [0.05, 0.1) is 18.8 Å². The molecule has 1 aliphatic rings. The van der Waals surface area contributed by atoms with E-state index in [1.165, 1.54) is 0 Å². The fourth-order valence-electron chi connectivity index (χ4n) is 1.70. The topological polar surface area (TPSA) is 50.7 Å². The molecule has 2 unspecified atom stereocenters. The Labute approximate surface area is 92.0 Å². The molecule has 0 amide bonds. The highest BCUT2D eigenvalue weighted by molar-refractivity contribution is 4.67. The van der Waals surface area contributed by atoms with E-state index in [0.717, 1.165) is 26.0 Å².